The van der Waals surface area contributed by atoms with Gasteiger partial charge in [-0.05, 0) is 48.9 Å². The molecule has 0 bridgehead atoms. The van der Waals surface area contributed by atoms with E-state index in [4.69, 9.17) is 16.3 Å². The van der Waals surface area contributed by atoms with Gasteiger partial charge in [-0.25, -0.2) is 9.59 Å². The number of aryl methyl sites for hydroxylation is 1. The fourth-order valence-corrected chi connectivity index (χ4v) is 5.65. The number of anilines is 3. The van der Waals surface area contributed by atoms with Crippen molar-refractivity contribution in [1.29, 1.82) is 0 Å². The quantitative estimate of drug-likeness (QED) is 0.274. The molecule has 0 spiro atoms. The minimum Gasteiger partial charge on any atom is -0.481 e. The van der Waals surface area contributed by atoms with Gasteiger partial charge in [0.25, 0.3) is 5.91 Å². The van der Waals surface area contributed by atoms with Crippen LogP contribution in [0.25, 0.3) is 0 Å². The molecule has 2 fully saturated rings. The number of carboxylic acids is 1. The third kappa shape index (κ3) is 8.46. The number of piperazine rings is 1. The molecule has 4 N–H and O–H groups in total. The molecule has 0 aliphatic carbocycles. The molecule has 5 amide bonds. The maximum Gasteiger partial charge on any atom is 0.323 e. The predicted octanol–water partition coefficient (Wildman–Crippen LogP) is 4.81. The number of hydrogen-bond donors (Lipinski definition) is 4. The van der Waals surface area contributed by atoms with E-state index in [1.165, 1.54) is 0 Å². The number of urea groups is 2. The zero-order valence-corrected chi connectivity index (χ0v) is 26.3. The Morgan fingerprint density at radius 3 is 2.24 bits per heavy atom. The van der Waals surface area contributed by atoms with Crippen LogP contribution in [-0.2, 0) is 9.53 Å². The summed E-state index contributed by atoms with van der Waals surface area (Å²) >= 11 is 6.08. The molecule has 3 aromatic rings. The van der Waals surface area contributed by atoms with Crippen molar-refractivity contribution in [2.75, 3.05) is 68.0 Å². The Bertz CT molecular complexity index is 1570. The van der Waals surface area contributed by atoms with Crippen LogP contribution in [0.15, 0.2) is 66.7 Å². The van der Waals surface area contributed by atoms with Crippen LogP contribution in [0.1, 0.15) is 33.9 Å². The number of carbonyl (C=O) groups excluding carboxylic acids is 3. The van der Waals surface area contributed by atoms with E-state index in [0.29, 0.717) is 80.1 Å². The number of hydrogen-bond acceptors (Lipinski definition) is 6. The zero-order chi connectivity index (χ0) is 32.6. The molecular weight excluding hydrogens is 612 g/mol. The third-order valence-electron chi connectivity index (χ3n) is 7.93. The van der Waals surface area contributed by atoms with Crippen LogP contribution in [0.5, 0.6) is 0 Å². The number of aliphatic carboxylic acids is 1. The van der Waals surface area contributed by atoms with Crippen molar-refractivity contribution in [1.82, 2.24) is 15.1 Å². The summed E-state index contributed by atoms with van der Waals surface area (Å²) in [4.78, 5) is 56.9. The van der Waals surface area contributed by atoms with Crippen molar-refractivity contribution >= 4 is 52.6 Å². The first-order valence-corrected chi connectivity index (χ1v) is 15.5. The second kappa shape index (κ2) is 15.0. The molecule has 0 saturated carbocycles. The summed E-state index contributed by atoms with van der Waals surface area (Å²) in [6.07, 6.45) is -0.298. The highest BCUT2D eigenvalue weighted by atomic mass is 35.5. The van der Waals surface area contributed by atoms with Gasteiger partial charge in [0.2, 0.25) is 0 Å². The summed E-state index contributed by atoms with van der Waals surface area (Å²) < 4.78 is 5.37. The largest absolute Gasteiger partial charge is 0.481 e. The molecule has 242 valence electrons. The smallest absolute Gasteiger partial charge is 0.323 e. The molecule has 1 atom stereocenters. The average Bonchev–Trinajstić information content (AvgIpc) is 3.04. The van der Waals surface area contributed by atoms with Gasteiger partial charge in [0.05, 0.1) is 37.1 Å². The third-order valence-corrected chi connectivity index (χ3v) is 8.16. The normalized spacial score (nSPS) is 15.6. The van der Waals surface area contributed by atoms with Gasteiger partial charge in [0.1, 0.15) is 0 Å². The maximum atomic E-state index is 13.5. The monoisotopic (exact) mass is 648 g/mol. The molecule has 2 saturated heterocycles. The predicted molar refractivity (Wildman–Crippen MR) is 176 cm³/mol. The number of carboxylic acid groups (broad SMARTS) is 1. The number of rotatable bonds is 8. The van der Waals surface area contributed by atoms with Gasteiger partial charge in [-0.1, -0.05) is 47.5 Å². The van der Waals surface area contributed by atoms with Gasteiger partial charge in [-0.2, -0.15) is 0 Å². The summed E-state index contributed by atoms with van der Waals surface area (Å²) in [5, 5.41) is 18.5. The molecule has 1 unspecified atom stereocenters. The second-order valence-corrected chi connectivity index (χ2v) is 11.6. The second-order valence-electron chi connectivity index (χ2n) is 11.2. The Balaban J connectivity index is 1.35. The molecular formula is C33H37ClN6O6. The van der Waals surface area contributed by atoms with Crippen LogP contribution < -0.4 is 20.9 Å². The number of ether oxygens (including phenoxy) is 1. The van der Waals surface area contributed by atoms with Crippen molar-refractivity contribution < 1.29 is 29.0 Å². The first kappa shape index (κ1) is 32.6. The summed E-state index contributed by atoms with van der Waals surface area (Å²) in [6.45, 7) is 6.11. The molecule has 5 rings (SSSR count). The lowest BCUT2D eigenvalue weighted by molar-refractivity contribution is -0.137. The molecule has 12 nitrogen and oxygen atoms in total. The number of carbonyl (C=O) groups is 4. The maximum absolute atomic E-state index is 13.5. The lowest BCUT2D eigenvalue weighted by Gasteiger charge is -2.39. The zero-order valence-electron chi connectivity index (χ0n) is 25.5. The number of nitrogens with one attached hydrogen (secondary N) is 3. The van der Waals surface area contributed by atoms with Crippen LogP contribution in [0.3, 0.4) is 0 Å². The standard InChI is InChI=1S/C33H37ClN6O6/c1-22-5-7-23(8-6-22)27(21-30(41)42)36-31(43)24-9-10-29(28(19-24)37-32(44)35-26-4-2-3-25(34)20-26)38-11-13-39(14-12-38)33(45)40-15-17-46-18-16-40/h2-10,19-20,27H,11-18,21H2,1H3,(H,36,43)(H,41,42)(H2,35,37,44). The lowest BCUT2D eigenvalue weighted by Crippen LogP contribution is -2.55. The van der Waals surface area contributed by atoms with Crippen LogP contribution >= 0.6 is 11.6 Å². The van der Waals surface area contributed by atoms with Crippen molar-refractivity contribution in [2.24, 2.45) is 0 Å². The first-order valence-electron chi connectivity index (χ1n) is 15.1. The molecule has 2 heterocycles. The Hall–Kier alpha value is -4.81. The van der Waals surface area contributed by atoms with Crippen LogP contribution in [0.4, 0.5) is 26.7 Å². The Labute approximate surface area is 272 Å². The minimum absolute atomic E-state index is 0.0151. The SMILES string of the molecule is Cc1ccc(C(CC(=O)O)NC(=O)c2ccc(N3CCN(C(=O)N4CCOCC4)CC3)c(NC(=O)Nc3cccc(Cl)c3)c2)cc1. The van der Waals surface area contributed by atoms with Gasteiger partial charge in [-0.3, -0.25) is 9.59 Å². The van der Waals surface area contributed by atoms with Crippen molar-refractivity contribution in [2.45, 2.75) is 19.4 Å². The number of nitrogens with zero attached hydrogens (tertiary/aromatic N) is 3. The highest BCUT2D eigenvalue weighted by molar-refractivity contribution is 6.30. The molecule has 3 aromatic carbocycles. The van der Waals surface area contributed by atoms with Crippen LogP contribution in [0.2, 0.25) is 5.02 Å². The highest BCUT2D eigenvalue weighted by Gasteiger charge is 2.28. The number of morpholine rings is 1. The van der Waals surface area contributed by atoms with Gasteiger partial charge in [0.15, 0.2) is 0 Å². The first-order chi connectivity index (χ1) is 22.2. The van der Waals surface area contributed by atoms with E-state index in [1.807, 2.05) is 24.0 Å². The summed E-state index contributed by atoms with van der Waals surface area (Å²) in [5.74, 6) is -1.54. The van der Waals surface area contributed by atoms with Crippen molar-refractivity contribution in [3.63, 3.8) is 0 Å². The van der Waals surface area contributed by atoms with E-state index in [-0.39, 0.29) is 18.0 Å². The molecule has 0 aromatic heterocycles. The summed E-state index contributed by atoms with van der Waals surface area (Å²) in [5.41, 5.74) is 3.47. The molecule has 2 aliphatic rings. The van der Waals surface area contributed by atoms with Crippen LogP contribution in [0, 0.1) is 6.92 Å². The molecule has 13 heteroatoms. The lowest BCUT2D eigenvalue weighted by atomic mass is 10.0. The number of benzene rings is 3. The van der Waals surface area contributed by atoms with E-state index >= 15 is 0 Å². The Kier molecular flexibility index (Phi) is 10.6. The Morgan fingerprint density at radius 2 is 1.57 bits per heavy atom. The highest BCUT2D eigenvalue weighted by Crippen LogP contribution is 2.30. The number of halogens is 1. The van der Waals surface area contributed by atoms with Crippen LogP contribution in [-0.4, -0.2) is 91.3 Å². The van der Waals surface area contributed by atoms with E-state index in [2.05, 4.69) is 20.9 Å². The van der Waals surface area contributed by atoms with Gasteiger partial charge < -0.3 is 40.5 Å². The van der Waals surface area contributed by atoms with Crippen molar-refractivity contribution in [3.8, 4) is 0 Å². The van der Waals surface area contributed by atoms with E-state index in [0.717, 1.165) is 5.56 Å². The fraction of sp³-hybridized carbons (Fsp3) is 0.333. The van der Waals surface area contributed by atoms with Crippen molar-refractivity contribution in [3.05, 3.63) is 88.4 Å². The summed E-state index contributed by atoms with van der Waals surface area (Å²) in [7, 11) is 0. The molecule has 2 aliphatic heterocycles. The molecule has 46 heavy (non-hydrogen) atoms. The van der Waals surface area contributed by atoms with E-state index in [1.54, 1.807) is 59.5 Å². The topological polar surface area (TPSA) is 144 Å². The van der Waals surface area contributed by atoms with Gasteiger partial charge in [-0.15, -0.1) is 0 Å². The minimum atomic E-state index is -1.05. The van der Waals surface area contributed by atoms with E-state index in [9.17, 15) is 24.3 Å². The fourth-order valence-electron chi connectivity index (χ4n) is 5.46. The Morgan fingerprint density at radius 1 is 0.870 bits per heavy atom. The van der Waals surface area contributed by atoms with Gasteiger partial charge in [0, 0.05) is 55.5 Å². The molecule has 0 radical (unpaired) electrons. The summed E-state index contributed by atoms with van der Waals surface area (Å²) in [6, 6.07) is 17.7. The van der Waals surface area contributed by atoms with E-state index < -0.39 is 23.9 Å². The average molecular weight is 649 g/mol. The van der Waals surface area contributed by atoms with Gasteiger partial charge >= 0.3 is 18.0 Å². The number of amides is 5.